The van der Waals surface area contributed by atoms with Gasteiger partial charge in [-0.2, -0.15) is 56.7 Å². The first-order chi connectivity index (χ1) is 62.9. The van der Waals surface area contributed by atoms with Crippen LogP contribution in [0.1, 0.15) is 0 Å². The Kier molecular flexibility index (Phi) is 23.8. The van der Waals surface area contributed by atoms with E-state index >= 15 is 0 Å². The average Bonchev–Trinajstić information content (AvgIpc) is 1.61. The fourth-order valence-corrected chi connectivity index (χ4v) is 23.4. The van der Waals surface area contributed by atoms with Crippen LogP contribution in [0.5, 0.6) is 0 Å². The number of para-hydroxylation sites is 4. The Bertz CT molecular complexity index is 8510. The second kappa shape index (κ2) is 36.6. The summed E-state index contributed by atoms with van der Waals surface area (Å²) in [5.74, 6) is 0. The summed E-state index contributed by atoms with van der Waals surface area (Å²) in [6.45, 7) is 0. The molecular weight excluding hydrogens is 2290 g/mol. The summed E-state index contributed by atoms with van der Waals surface area (Å²) >= 11 is 13.8. The fraction of sp³-hybridized carbons (Fsp3) is 0. The van der Waals surface area contributed by atoms with Crippen LogP contribution >= 0.6 is 90.7 Å². The number of nitrogens with zero attached hydrogens (tertiary/aromatic N) is 9. The van der Waals surface area contributed by atoms with Gasteiger partial charge in [-0.25, -0.2) is 0 Å². The van der Waals surface area contributed by atoms with Crippen molar-refractivity contribution in [1.82, 2.24) is 43.6 Å². The summed E-state index contributed by atoms with van der Waals surface area (Å²) in [7, 11) is 0. The first-order valence-corrected chi connectivity index (χ1v) is 48.0. The Morgan fingerprint density at radius 1 is 0.246 bits per heavy atom. The minimum atomic E-state index is 0. The van der Waals surface area contributed by atoms with E-state index in [4.69, 9.17) is 19.9 Å². The molecule has 0 saturated carbocycles. The number of rotatable bonds is 14. The molecule has 0 aliphatic carbocycles. The van der Waals surface area contributed by atoms with Gasteiger partial charge in [-0.3, -0.25) is 19.9 Å². The van der Waals surface area contributed by atoms with Gasteiger partial charge in [0.2, 0.25) is 0 Å². The maximum Gasteiger partial charge on any atom is 2.00 e. The number of hydrogen-bond donors (Lipinski definition) is 0. The van der Waals surface area contributed by atoms with Gasteiger partial charge in [0.15, 0.2) is 0 Å². The molecule has 20 heteroatoms. The van der Waals surface area contributed by atoms with Crippen molar-refractivity contribution in [3.63, 3.8) is 0 Å². The van der Waals surface area contributed by atoms with Crippen LogP contribution in [0, 0.1) is 36.4 Å². The van der Waals surface area contributed by atoms with E-state index in [1.165, 1.54) is 60.9 Å². The van der Waals surface area contributed by atoms with Crippen molar-refractivity contribution < 1.29 is 63.2 Å². The summed E-state index contributed by atoms with van der Waals surface area (Å²) in [5, 5.41) is 20.6. The second-order valence-corrected chi connectivity index (χ2v) is 38.1. The fourth-order valence-electron chi connectivity index (χ4n) is 16.8. The van der Waals surface area contributed by atoms with Crippen LogP contribution in [0.4, 0.5) is 0 Å². The maximum absolute atomic E-state index is 5.09. The zero-order valence-electron chi connectivity index (χ0n) is 68.0. The van der Waals surface area contributed by atoms with Gasteiger partial charge in [-0.15, -0.1) is 183 Å². The van der Waals surface area contributed by atoms with Gasteiger partial charge in [0.25, 0.3) is 0 Å². The van der Waals surface area contributed by atoms with Gasteiger partial charge < -0.3 is 23.7 Å². The van der Waals surface area contributed by atoms with Crippen molar-refractivity contribution in [2.75, 3.05) is 0 Å². The molecular formula is C110H61N9Pt3S8. The molecule has 26 rings (SSSR count). The quantitative estimate of drug-likeness (QED) is 0.101. The largest absolute Gasteiger partial charge is 2.00 e. The molecule has 14 aromatic heterocycles. The standard InChI is InChI=1S/2C38H21N3S3.C34H19N3S2.3Pt/c1-2-12-37-32(11-1)40-38(44-37)30-23-34-28(22-29(30)36-14-7-19-43-36)27-21-25(35-13-6-18-42-35)15-16-33(27)41(34)26-9-5-8-24(20-26)31-10-3-4-17-39-31;1-2-9-37-31(8-1)40-38(44-37)26-13-15-27-29-21-25(35-10-5-19-42-35)14-17-32(29)41(33(27)23-26)34-22-24(30-7-3-4-18-39-30)12-16-28(34)36-11-6-20-43-36;1-3-14-30-25(10-1)26-18-17-23(34-36-29-11-2-4-15-33(29)39-34)21-31(26)37(30)24-9-5-8-22(20-24)27-12-6-13-28(35-27)32-16-7-19-38-32;;;/h1-19,21-22H;1-21H;1-19H;;;/q3*-2;3*+2. The molecule has 0 saturated heterocycles. The van der Waals surface area contributed by atoms with Gasteiger partial charge in [0.1, 0.15) is 0 Å². The zero-order chi connectivity index (χ0) is 83.8. The Labute approximate surface area is 822 Å². The van der Waals surface area contributed by atoms with Gasteiger partial charge >= 0.3 is 63.2 Å². The monoisotopic (exact) mass is 2350 g/mol. The molecule has 0 atom stereocenters. The van der Waals surface area contributed by atoms with E-state index in [-0.39, 0.29) is 63.2 Å². The van der Waals surface area contributed by atoms with Crippen LogP contribution in [-0.2, 0) is 63.2 Å². The summed E-state index contributed by atoms with van der Waals surface area (Å²) < 4.78 is 10.4. The molecule has 14 heterocycles. The minimum absolute atomic E-state index is 0. The normalized spacial score (nSPS) is 11.4. The molecule has 12 aromatic carbocycles. The SMILES string of the molecule is [Pt+2].[Pt+2].[Pt+2].[c-]1c(-c2cccc(-c3cccs3)n2)cccc1-n1c2[c-]c(-c3nc4ccccc4s3)ccc2c2ccccc21.[c-]1c(-c2ccccn2)ccc(-c2cccs2)c1-n1c2[c-]c(-c3nc4ccccc4s3)ccc2c2cc(-c3cccs3)ccc21.[c-]1c(-c2ccccn2)cccc1-n1c2[c-]c(-c3nc4ccccc4s3)c(-c3cccs3)cc2c2cc(-c3cccs3)ccc21. The van der Waals surface area contributed by atoms with E-state index in [0.29, 0.717) is 0 Å². The Morgan fingerprint density at radius 2 is 0.677 bits per heavy atom. The van der Waals surface area contributed by atoms with E-state index in [2.05, 4.69) is 360 Å². The third-order valence-corrected chi connectivity index (χ3v) is 30.4. The average molecular weight is 2350 g/mol. The smallest absolute Gasteiger partial charge is 0.346 e. The van der Waals surface area contributed by atoms with Crippen molar-refractivity contribution in [1.29, 1.82) is 0 Å². The first-order valence-electron chi connectivity index (χ1n) is 41.1. The van der Waals surface area contributed by atoms with Gasteiger partial charge in [0, 0.05) is 67.8 Å². The number of pyridine rings is 3. The predicted octanol–water partition coefficient (Wildman–Crippen LogP) is 31.8. The predicted molar refractivity (Wildman–Crippen MR) is 537 cm³/mol. The summed E-state index contributed by atoms with van der Waals surface area (Å²) in [6.07, 6.45) is 3.66. The Balaban J connectivity index is 0.000000117. The van der Waals surface area contributed by atoms with Crippen LogP contribution in [0.25, 0.3) is 231 Å². The minimum Gasteiger partial charge on any atom is -0.346 e. The number of aromatic nitrogens is 9. The van der Waals surface area contributed by atoms with Crippen molar-refractivity contribution in [3.05, 3.63) is 403 Å². The van der Waals surface area contributed by atoms with E-state index in [1.807, 2.05) is 67.0 Å². The molecule has 0 spiro atoms. The van der Waals surface area contributed by atoms with Crippen LogP contribution in [0.3, 0.4) is 0 Å². The number of benzene rings is 12. The van der Waals surface area contributed by atoms with Gasteiger partial charge in [-0.1, -0.05) is 185 Å². The van der Waals surface area contributed by atoms with Crippen molar-refractivity contribution >= 4 is 187 Å². The molecule has 0 aliphatic heterocycles. The van der Waals surface area contributed by atoms with E-state index in [0.717, 1.165) is 170 Å². The number of hydrogen-bond acceptors (Lipinski definition) is 14. The number of thiophene rings is 5. The molecule has 624 valence electrons. The molecule has 0 unspecified atom stereocenters. The molecule has 0 radical (unpaired) electrons. The molecule has 0 amide bonds. The van der Waals surface area contributed by atoms with E-state index in [9.17, 15) is 0 Å². The van der Waals surface area contributed by atoms with Crippen LogP contribution in [0.2, 0.25) is 0 Å². The Morgan fingerprint density at radius 3 is 1.23 bits per heavy atom. The second-order valence-electron chi connectivity index (χ2n) is 30.3. The molecule has 26 aromatic rings. The Hall–Kier alpha value is -12.3. The van der Waals surface area contributed by atoms with Crippen molar-refractivity contribution in [3.8, 4) is 135 Å². The third kappa shape index (κ3) is 15.9. The third-order valence-electron chi connectivity index (χ3n) is 22.7. The molecule has 9 nitrogen and oxygen atoms in total. The van der Waals surface area contributed by atoms with Crippen LogP contribution in [-0.4, -0.2) is 43.6 Å². The van der Waals surface area contributed by atoms with Crippen molar-refractivity contribution in [2.45, 2.75) is 0 Å². The molecule has 0 bridgehead atoms. The number of fused-ring (bicyclic) bond motifs is 12. The van der Waals surface area contributed by atoms with Crippen LogP contribution in [0.15, 0.2) is 367 Å². The van der Waals surface area contributed by atoms with Crippen LogP contribution < -0.4 is 0 Å². The maximum atomic E-state index is 5.09. The topological polar surface area (TPSA) is 92.1 Å². The summed E-state index contributed by atoms with van der Waals surface area (Å²) in [6, 6.07) is 137. The molecule has 0 N–H and O–H groups in total. The number of thiazole rings is 3. The summed E-state index contributed by atoms with van der Waals surface area (Å²) in [5.41, 5.74) is 26.6. The first kappa shape index (κ1) is 84.6. The zero-order valence-corrected chi connectivity index (χ0v) is 81.3. The van der Waals surface area contributed by atoms with Crippen molar-refractivity contribution in [2.24, 2.45) is 0 Å². The van der Waals surface area contributed by atoms with E-state index in [1.54, 1.807) is 90.7 Å². The molecule has 0 fully saturated rings. The van der Waals surface area contributed by atoms with Gasteiger partial charge in [0.05, 0.1) is 27.1 Å². The van der Waals surface area contributed by atoms with E-state index < -0.39 is 0 Å². The molecule has 130 heavy (non-hydrogen) atoms. The summed E-state index contributed by atoms with van der Waals surface area (Å²) in [4.78, 5) is 35.2. The van der Waals surface area contributed by atoms with Gasteiger partial charge in [-0.05, 0) is 206 Å². The molecule has 0 aliphatic rings.